The van der Waals surface area contributed by atoms with Gasteiger partial charge in [0.05, 0.1) is 11.4 Å². The molecule has 3 nitrogen and oxygen atoms in total. The average molecular weight is 343 g/mol. The molecule has 0 amide bonds. The van der Waals surface area contributed by atoms with Crippen LogP contribution in [0, 0.1) is 6.92 Å². The van der Waals surface area contributed by atoms with Crippen LogP contribution < -0.4 is 5.32 Å². The van der Waals surface area contributed by atoms with Crippen molar-refractivity contribution in [3.05, 3.63) is 45.1 Å². The predicted octanol–water partition coefficient (Wildman–Crippen LogP) is 4.09. The zero-order chi connectivity index (χ0) is 14.0. The van der Waals surface area contributed by atoms with Gasteiger partial charge in [-0.15, -0.1) is 0 Å². The number of hydrogen-bond acceptors (Lipinski definition) is 2. The molecule has 0 aliphatic heterocycles. The van der Waals surface area contributed by atoms with Gasteiger partial charge in [0.15, 0.2) is 0 Å². The summed E-state index contributed by atoms with van der Waals surface area (Å²) in [6, 6.07) is 6.39. The third-order valence-corrected chi connectivity index (χ3v) is 3.85. The van der Waals surface area contributed by atoms with Crippen molar-refractivity contribution in [1.29, 1.82) is 0 Å². The molecule has 0 fully saturated rings. The van der Waals surface area contributed by atoms with Crippen LogP contribution in [0.5, 0.6) is 0 Å². The van der Waals surface area contributed by atoms with Crippen molar-refractivity contribution in [1.82, 2.24) is 15.1 Å². The van der Waals surface area contributed by atoms with Gasteiger partial charge in [0.2, 0.25) is 0 Å². The summed E-state index contributed by atoms with van der Waals surface area (Å²) in [4.78, 5) is 0. The molecular weight excluding hydrogens is 326 g/mol. The summed E-state index contributed by atoms with van der Waals surface area (Å²) in [6.07, 6.45) is 1.95. The van der Waals surface area contributed by atoms with Crippen LogP contribution in [0.2, 0.25) is 5.02 Å². The summed E-state index contributed by atoms with van der Waals surface area (Å²) in [5, 5.41) is 8.64. The van der Waals surface area contributed by atoms with E-state index in [1.54, 1.807) is 0 Å². The summed E-state index contributed by atoms with van der Waals surface area (Å²) in [5.41, 5.74) is 3.01. The van der Waals surface area contributed by atoms with Gasteiger partial charge in [-0.05, 0) is 46.6 Å². The number of nitrogens with zero attached hydrogens (tertiary/aromatic N) is 2. The van der Waals surface area contributed by atoms with Crippen molar-refractivity contribution in [3.63, 3.8) is 0 Å². The Morgan fingerprint density at radius 3 is 2.84 bits per heavy atom. The third-order valence-electron chi connectivity index (χ3n) is 2.81. The number of benzene rings is 1. The van der Waals surface area contributed by atoms with E-state index in [1.807, 2.05) is 36.0 Å². The van der Waals surface area contributed by atoms with E-state index in [4.69, 9.17) is 11.6 Å². The molecule has 0 bridgehead atoms. The lowest BCUT2D eigenvalue weighted by Crippen LogP contribution is -2.22. The second-order valence-electron chi connectivity index (χ2n) is 4.84. The van der Waals surface area contributed by atoms with E-state index < -0.39 is 0 Å². The molecule has 1 aromatic carbocycles. The van der Waals surface area contributed by atoms with Crippen LogP contribution in [0.15, 0.2) is 28.9 Å². The molecule has 5 heteroatoms. The standard InChI is InChI=1S/C14H17BrClN3/c1-9(2)17-8-11-4-5-19(18-11)14-7-13(16)10(3)6-12(14)15/h4-7,9,17H,8H2,1-3H3. The minimum Gasteiger partial charge on any atom is -0.309 e. The Kier molecular flexibility index (Phi) is 4.66. The molecule has 0 atom stereocenters. The first-order valence-electron chi connectivity index (χ1n) is 6.21. The van der Waals surface area contributed by atoms with Crippen molar-refractivity contribution >= 4 is 27.5 Å². The summed E-state index contributed by atoms with van der Waals surface area (Å²) in [5.74, 6) is 0. The van der Waals surface area contributed by atoms with Crippen LogP contribution in [-0.4, -0.2) is 15.8 Å². The van der Waals surface area contributed by atoms with E-state index in [2.05, 4.69) is 40.2 Å². The molecule has 0 radical (unpaired) electrons. The Hall–Kier alpha value is -0.840. The number of aromatic nitrogens is 2. The molecule has 2 rings (SSSR count). The number of rotatable bonds is 4. The minimum atomic E-state index is 0.450. The Morgan fingerprint density at radius 1 is 1.42 bits per heavy atom. The highest BCUT2D eigenvalue weighted by molar-refractivity contribution is 9.10. The molecule has 0 aliphatic carbocycles. The fraction of sp³-hybridized carbons (Fsp3) is 0.357. The highest BCUT2D eigenvalue weighted by atomic mass is 79.9. The average Bonchev–Trinajstić information content (AvgIpc) is 2.80. The molecule has 0 spiro atoms. The SMILES string of the molecule is Cc1cc(Br)c(-n2ccc(CNC(C)C)n2)cc1Cl. The fourth-order valence-corrected chi connectivity index (χ4v) is 2.51. The summed E-state index contributed by atoms with van der Waals surface area (Å²) in [6.45, 7) is 6.99. The van der Waals surface area contributed by atoms with E-state index in [9.17, 15) is 0 Å². The number of aryl methyl sites for hydroxylation is 1. The molecule has 0 unspecified atom stereocenters. The second-order valence-corrected chi connectivity index (χ2v) is 6.10. The highest BCUT2D eigenvalue weighted by Gasteiger charge is 2.08. The van der Waals surface area contributed by atoms with Crippen molar-refractivity contribution in [2.45, 2.75) is 33.4 Å². The van der Waals surface area contributed by atoms with Crippen LogP contribution >= 0.6 is 27.5 Å². The molecule has 2 aromatic rings. The quantitative estimate of drug-likeness (QED) is 0.907. The largest absolute Gasteiger partial charge is 0.309 e. The first kappa shape index (κ1) is 14.6. The zero-order valence-corrected chi connectivity index (χ0v) is 13.6. The van der Waals surface area contributed by atoms with Crippen LogP contribution in [0.25, 0.3) is 5.69 Å². The Balaban J connectivity index is 2.25. The fourth-order valence-electron chi connectivity index (χ4n) is 1.71. The predicted molar refractivity (Wildman–Crippen MR) is 83.0 cm³/mol. The van der Waals surface area contributed by atoms with Gasteiger partial charge in [-0.3, -0.25) is 0 Å². The molecular formula is C14H17BrClN3. The second kappa shape index (κ2) is 6.07. The minimum absolute atomic E-state index is 0.450. The van der Waals surface area contributed by atoms with Crippen LogP contribution in [0.1, 0.15) is 25.1 Å². The zero-order valence-electron chi connectivity index (χ0n) is 11.2. The van der Waals surface area contributed by atoms with Gasteiger partial charge >= 0.3 is 0 Å². The van der Waals surface area contributed by atoms with Gasteiger partial charge in [-0.25, -0.2) is 4.68 Å². The maximum atomic E-state index is 6.17. The topological polar surface area (TPSA) is 29.9 Å². The maximum absolute atomic E-state index is 6.17. The molecule has 1 N–H and O–H groups in total. The first-order valence-corrected chi connectivity index (χ1v) is 7.38. The number of nitrogens with one attached hydrogen (secondary N) is 1. The van der Waals surface area contributed by atoms with Gasteiger partial charge < -0.3 is 5.32 Å². The Morgan fingerprint density at radius 2 is 2.16 bits per heavy atom. The molecule has 0 saturated heterocycles. The molecule has 19 heavy (non-hydrogen) atoms. The first-order chi connectivity index (χ1) is 8.97. The lowest BCUT2D eigenvalue weighted by molar-refractivity contribution is 0.578. The van der Waals surface area contributed by atoms with E-state index in [0.717, 1.165) is 33.0 Å². The van der Waals surface area contributed by atoms with Crippen molar-refractivity contribution < 1.29 is 0 Å². The lowest BCUT2D eigenvalue weighted by Gasteiger charge is -2.08. The van der Waals surface area contributed by atoms with Crippen molar-refractivity contribution in [2.75, 3.05) is 0 Å². The van der Waals surface area contributed by atoms with E-state index in [1.165, 1.54) is 0 Å². The number of halogens is 2. The van der Waals surface area contributed by atoms with E-state index in [0.29, 0.717) is 6.04 Å². The van der Waals surface area contributed by atoms with Gasteiger partial charge in [0, 0.05) is 28.3 Å². The van der Waals surface area contributed by atoms with Gasteiger partial charge in [0.25, 0.3) is 0 Å². The van der Waals surface area contributed by atoms with Gasteiger partial charge in [-0.1, -0.05) is 25.4 Å². The lowest BCUT2D eigenvalue weighted by atomic mass is 10.2. The van der Waals surface area contributed by atoms with Crippen molar-refractivity contribution in [2.24, 2.45) is 0 Å². The van der Waals surface area contributed by atoms with Crippen molar-refractivity contribution in [3.8, 4) is 5.69 Å². The molecule has 0 aliphatic rings. The Bertz CT molecular complexity index is 578. The van der Waals surface area contributed by atoms with Crippen LogP contribution in [0.4, 0.5) is 0 Å². The molecule has 102 valence electrons. The summed E-state index contributed by atoms with van der Waals surface area (Å²) < 4.78 is 2.83. The number of hydrogen-bond donors (Lipinski definition) is 1. The van der Waals surface area contributed by atoms with Gasteiger partial charge in [-0.2, -0.15) is 5.10 Å². The molecule has 0 saturated carbocycles. The Labute approximate surface area is 127 Å². The van der Waals surface area contributed by atoms with E-state index in [-0.39, 0.29) is 0 Å². The molecule has 1 aromatic heterocycles. The third kappa shape index (κ3) is 3.59. The monoisotopic (exact) mass is 341 g/mol. The van der Waals surface area contributed by atoms with E-state index >= 15 is 0 Å². The smallest absolute Gasteiger partial charge is 0.0802 e. The normalized spacial score (nSPS) is 11.3. The summed E-state index contributed by atoms with van der Waals surface area (Å²) in [7, 11) is 0. The highest BCUT2D eigenvalue weighted by Crippen LogP contribution is 2.27. The molecule has 1 heterocycles. The van der Waals surface area contributed by atoms with Gasteiger partial charge in [0.1, 0.15) is 0 Å². The maximum Gasteiger partial charge on any atom is 0.0802 e. The summed E-state index contributed by atoms with van der Waals surface area (Å²) >= 11 is 9.73. The van der Waals surface area contributed by atoms with Crippen LogP contribution in [0.3, 0.4) is 0 Å². The van der Waals surface area contributed by atoms with Crippen LogP contribution in [-0.2, 0) is 6.54 Å².